The molecule has 0 aromatic carbocycles. The highest BCUT2D eigenvalue weighted by atomic mass is 16.2. The van der Waals surface area contributed by atoms with Crippen molar-refractivity contribution in [2.75, 3.05) is 6.54 Å². The van der Waals surface area contributed by atoms with Crippen LogP contribution in [-0.2, 0) is 9.59 Å². The monoisotopic (exact) mass is 408 g/mol. The van der Waals surface area contributed by atoms with Crippen molar-refractivity contribution in [3.8, 4) is 0 Å². The lowest BCUT2D eigenvalue weighted by Gasteiger charge is -2.56. The normalized spacial score (nSPS) is 18.7. The molecule has 1 rings (SSSR count). The highest BCUT2D eigenvalue weighted by molar-refractivity contribution is 5.76. The molecule has 1 saturated heterocycles. The fraction of sp³-hybridized carbons (Fsp3) is 0.920. The molecule has 0 unspecified atom stereocenters. The minimum absolute atomic E-state index is 0.127. The lowest BCUT2D eigenvalue weighted by molar-refractivity contribution is -0.152. The van der Waals surface area contributed by atoms with Crippen LogP contribution in [0.2, 0.25) is 0 Å². The first-order chi connectivity index (χ1) is 13.5. The summed E-state index contributed by atoms with van der Waals surface area (Å²) in [6, 6.07) is 0.215. The summed E-state index contributed by atoms with van der Waals surface area (Å²) in [5.41, 5.74) is -0.465. The van der Waals surface area contributed by atoms with Gasteiger partial charge in [0.15, 0.2) is 0 Å². The van der Waals surface area contributed by atoms with Crippen LogP contribution in [-0.4, -0.2) is 45.3 Å². The molecule has 1 aliphatic rings. The second-order valence-corrected chi connectivity index (χ2v) is 10.4. The quantitative estimate of drug-likeness (QED) is 0.354. The van der Waals surface area contributed by atoms with Gasteiger partial charge in [0.05, 0.1) is 0 Å². The van der Waals surface area contributed by atoms with E-state index in [1.54, 1.807) is 13.8 Å². The van der Waals surface area contributed by atoms with Gasteiger partial charge in [-0.3, -0.25) is 9.59 Å². The molecule has 4 heteroatoms. The lowest BCUT2D eigenvalue weighted by atomic mass is 9.76. The fourth-order valence-electron chi connectivity index (χ4n) is 5.67. The van der Waals surface area contributed by atoms with Gasteiger partial charge in [-0.2, -0.15) is 0 Å². The molecule has 0 bridgehead atoms. The number of unbranched alkanes of at least 4 members (excludes halogenated alkanes) is 9. The number of carbonyl (C=O) groups is 2. The maximum Gasteiger partial charge on any atom is 0.220 e. The van der Waals surface area contributed by atoms with Crippen molar-refractivity contribution in [3.63, 3.8) is 0 Å². The number of likely N-dealkylation sites (tertiary alicyclic amines) is 1. The summed E-state index contributed by atoms with van der Waals surface area (Å²) in [5, 5.41) is 0. The Bertz CT molecular complexity index is 495. The number of nitrogens with zero attached hydrogens (tertiary/aromatic N) is 2. The molecule has 0 radical (unpaired) electrons. The molecule has 0 aromatic rings. The number of amides is 2. The third-order valence-corrected chi connectivity index (χ3v) is 6.59. The third-order valence-electron chi connectivity index (χ3n) is 6.59. The van der Waals surface area contributed by atoms with Crippen LogP contribution in [0, 0.1) is 0 Å². The van der Waals surface area contributed by atoms with E-state index in [0.29, 0.717) is 0 Å². The van der Waals surface area contributed by atoms with Crippen LogP contribution in [0.4, 0.5) is 0 Å². The van der Waals surface area contributed by atoms with Crippen LogP contribution in [0.1, 0.15) is 126 Å². The van der Waals surface area contributed by atoms with Crippen LogP contribution in [0.3, 0.4) is 0 Å². The summed E-state index contributed by atoms with van der Waals surface area (Å²) in [5.74, 6) is 0.302. The summed E-state index contributed by atoms with van der Waals surface area (Å²) in [4.78, 5) is 28.8. The Kier molecular flexibility index (Phi) is 10.7. The molecule has 1 aliphatic heterocycles. The topological polar surface area (TPSA) is 40.6 Å². The van der Waals surface area contributed by atoms with Gasteiger partial charge in [0, 0.05) is 37.5 Å². The van der Waals surface area contributed by atoms with Crippen LogP contribution >= 0.6 is 0 Å². The van der Waals surface area contributed by atoms with E-state index in [0.717, 1.165) is 25.8 Å². The Morgan fingerprint density at radius 1 is 0.793 bits per heavy atom. The van der Waals surface area contributed by atoms with Gasteiger partial charge < -0.3 is 9.80 Å². The molecule has 0 saturated carbocycles. The minimum Gasteiger partial charge on any atom is -0.340 e. The molecule has 170 valence electrons. The Balaban J connectivity index is 2.47. The van der Waals surface area contributed by atoms with Crippen LogP contribution in [0.5, 0.6) is 0 Å². The molecular formula is C25H48N2O2. The second kappa shape index (κ2) is 12.0. The summed E-state index contributed by atoms with van der Waals surface area (Å²) in [6.07, 6.45) is 14.8. The van der Waals surface area contributed by atoms with Crippen molar-refractivity contribution in [1.82, 2.24) is 9.80 Å². The Hall–Kier alpha value is -1.06. The van der Waals surface area contributed by atoms with Crippen LogP contribution in [0.25, 0.3) is 0 Å². The van der Waals surface area contributed by atoms with Gasteiger partial charge in [-0.25, -0.2) is 0 Å². The zero-order valence-corrected chi connectivity index (χ0v) is 20.5. The second-order valence-electron chi connectivity index (χ2n) is 10.4. The maximum atomic E-state index is 12.4. The van der Waals surface area contributed by atoms with Crippen molar-refractivity contribution < 1.29 is 9.59 Å². The molecule has 1 fully saturated rings. The first-order valence-electron chi connectivity index (χ1n) is 12.1. The highest BCUT2D eigenvalue weighted by Crippen LogP contribution is 2.40. The maximum absolute atomic E-state index is 12.4. The zero-order chi connectivity index (χ0) is 22.1. The van der Waals surface area contributed by atoms with Crippen molar-refractivity contribution in [2.24, 2.45) is 0 Å². The highest BCUT2D eigenvalue weighted by Gasteiger charge is 2.48. The van der Waals surface area contributed by atoms with Crippen LogP contribution < -0.4 is 0 Å². The van der Waals surface area contributed by atoms with E-state index in [1.807, 2.05) is 4.90 Å². The molecule has 29 heavy (non-hydrogen) atoms. The van der Waals surface area contributed by atoms with E-state index >= 15 is 0 Å². The van der Waals surface area contributed by atoms with Gasteiger partial charge in [-0.15, -0.1) is 0 Å². The molecule has 0 aliphatic carbocycles. The van der Waals surface area contributed by atoms with Gasteiger partial charge in [-0.1, -0.05) is 64.7 Å². The van der Waals surface area contributed by atoms with E-state index in [9.17, 15) is 9.59 Å². The van der Waals surface area contributed by atoms with E-state index in [1.165, 1.54) is 57.8 Å². The van der Waals surface area contributed by atoms with Gasteiger partial charge in [0.1, 0.15) is 0 Å². The third kappa shape index (κ3) is 8.30. The number of carbonyl (C=O) groups excluding carboxylic acids is 2. The van der Waals surface area contributed by atoms with Crippen molar-refractivity contribution in [1.29, 1.82) is 0 Å². The van der Waals surface area contributed by atoms with Gasteiger partial charge in [0.25, 0.3) is 0 Å². The van der Waals surface area contributed by atoms with Crippen molar-refractivity contribution in [2.45, 2.75) is 143 Å². The standard InChI is InChI=1S/C25H48N2O2/c1-8-9-10-11-12-13-14-15-16-17-18-26(21(2)28)23-19-24(4,5)27(22(3)29)25(6,7)20-23/h23H,8-20H2,1-7H3. The van der Waals surface area contributed by atoms with Crippen LogP contribution in [0.15, 0.2) is 0 Å². The Morgan fingerprint density at radius 3 is 1.59 bits per heavy atom. The largest absolute Gasteiger partial charge is 0.340 e. The van der Waals surface area contributed by atoms with E-state index in [4.69, 9.17) is 0 Å². The van der Waals surface area contributed by atoms with Crippen molar-refractivity contribution >= 4 is 11.8 Å². The van der Waals surface area contributed by atoms with Gasteiger partial charge in [-0.05, 0) is 47.0 Å². The predicted octanol–water partition coefficient (Wildman–Crippen LogP) is 6.32. The predicted molar refractivity (Wildman–Crippen MR) is 123 cm³/mol. The smallest absolute Gasteiger partial charge is 0.220 e. The summed E-state index contributed by atoms with van der Waals surface area (Å²) in [6.45, 7) is 15.0. The summed E-state index contributed by atoms with van der Waals surface area (Å²) >= 11 is 0. The number of piperidine rings is 1. The fourth-order valence-corrected chi connectivity index (χ4v) is 5.67. The molecule has 4 nitrogen and oxygen atoms in total. The molecule has 1 heterocycles. The molecule has 0 N–H and O–H groups in total. The van der Waals surface area contributed by atoms with Gasteiger partial charge in [0.2, 0.25) is 11.8 Å². The molecule has 0 spiro atoms. The molecule has 0 atom stereocenters. The molecule has 2 amide bonds. The first kappa shape index (κ1) is 26.0. The van der Waals surface area contributed by atoms with E-state index in [2.05, 4.69) is 39.5 Å². The molecule has 0 aromatic heterocycles. The average Bonchev–Trinajstić information content (AvgIpc) is 2.56. The Morgan fingerprint density at radius 2 is 1.21 bits per heavy atom. The van der Waals surface area contributed by atoms with E-state index in [-0.39, 0.29) is 28.9 Å². The van der Waals surface area contributed by atoms with Gasteiger partial charge >= 0.3 is 0 Å². The summed E-state index contributed by atoms with van der Waals surface area (Å²) < 4.78 is 0. The SMILES string of the molecule is CCCCCCCCCCCCN(C(C)=O)C1CC(C)(C)N(C(C)=O)C(C)(C)C1. The summed E-state index contributed by atoms with van der Waals surface area (Å²) in [7, 11) is 0. The number of hydrogen-bond acceptors (Lipinski definition) is 2. The van der Waals surface area contributed by atoms with Crippen molar-refractivity contribution in [3.05, 3.63) is 0 Å². The molecular weight excluding hydrogens is 360 g/mol. The minimum atomic E-state index is -0.232. The van der Waals surface area contributed by atoms with E-state index < -0.39 is 0 Å². The lowest BCUT2D eigenvalue weighted by Crippen LogP contribution is -2.66. The first-order valence-corrected chi connectivity index (χ1v) is 12.1. The zero-order valence-electron chi connectivity index (χ0n) is 20.5. The number of rotatable bonds is 12. The average molecular weight is 409 g/mol. The number of hydrogen-bond donors (Lipinski definition) is 0. The Labute approximate surface area is 180 Å².